The molecule has 0 spiro atoms. The first-order valence-corrected chi connectivity index (χ1v) is 5.59. The smallest absolute Gasteiger partial charge is 0.348 e. The molecule has 0 aliphatic carbocycles. The first kappa shape index (κ1) is 12.3. The number of hydrogen-bond acceptors (Lipinski definition) is 3. The summed E-state index contributed by atoms with van der Waals surface area (Å²) in [7, 11) is 1.51. The van der Waals surface area contributed by atoms with Gasteiger partial charge in [-0.25, -0.2) is 9.18 Å². The fourth-order valence-corrected chi connectivity index (χ4v) is 1.80. The first-order chi connectivity index (χ1) is 8.56. The molecule has 0 unspecified atom stereocenters. The van der Waals surface area contributed by atoms with Crippen molar-refractivity contribution in [3.63, 3.8) is 0 Å². The topological polar surface area (TPSA) is 59.9 Å². The SMILES string of the molecule is CCc1cc(F)c(-n2nc(C)[nH]c2=O)cc1OC. The zero-order chi connectivity index (χ0) is 13.3. The molecule has 1 aromatic heterocycles. The van der Waals surface area contributed by atoms with Crippen LogP contribution in [0.1, 0.15) is 18.3 Å². The molecule has 5 nitrogen and oxygen atoms in total. The van der Waals surface area contributed by atoms with E-state index < -0.39 is 11.5 Å². The van der Waals surface area contributed by atoms with E-state index in [1.54, 1.807) is 6.92 Å². The lowest BCUT2D eigenvalue weighted by Gasteiger charge is -2.10. The maximum absolute atomic E-state index is 14.0. The van der Waals surface area contributed by atoms with Gasteiger partial charge in [0.1, 0.15) is 23.1 Å². The lowest BCUT2D eigenvalue weighted by Crippen LogP contribution is -2.17. The van der Waals surface area contributed by atoms with E-state index in [0.29, 0.717) is 18.0 Å². The largest absolute Gasteiger partial charge is 0.496 e. The standard InChI is InChI=1S/C12H14FN3O2/c1-4-8-5-9(13)10(6-11(8)18-3)16-12(17)14-7(2)15-16/h5-6H,4H2,1-3H3,(H,14,15,17). The summed E-state index contributed by atoms with van der Waals surface area (Å²) in [6, 6.07) is 2.85. The van der Waals surface area contributed by atoms with Gasteiger partial charge < -0.3 is 4.74 Å². The second-order valence-corrected chi connectivity index (χ2v) is 3.90. The maximum Gasteiger partial charge on any atom is 0.348 e. The quantitative estimate of drug-likeness (QED) is 0.901. The predicted octanol–water partition coefficient (Wildman–Crippen LogP) is 1.58. The van der Waals surface area contributed by atoms with Crippen molar-refractivity contribution in [1.82, 2.24) is 14.8 Å². The van der Waals surface area contributed by atoms with Crippen molar-refractivity contribution in [3.05, 3.63) is 39.8 Å². The molecule has 6 heteroatoms. The molecule has 0 saturated carbocycles. The number of hydrogen-bond donors (Lipinski definition) is 1. The molecule has 2 rings (SSSR count). The van der Waals surface area contributed by atoms with E-state index in [4.69, 9.17) is 4.74 Å². The Hall–Kier alpha value is -2.11. The number of aryl methyl sites for hydroxylation is 2. The van der Waals surface area contributed by atoms with Crippen LogP contribution in [0.25, 0.3) is 5.69 Å². The molecule has 0 atom stereocenters. The van der Waals surface area contributed by atoms with Gasteiger partial charge in [0.2, 0.25) is 0 Å². The zero-order valence-corrected chi connectivity index (χ0v) is 10.5. The van der Waals surface area contributed by atoms with Crippen LogP contribution in [0.3, 0.4) is 0 Å². The molecule has 18 heavy (non-hydrogen) atoms. The summed E-state index contributed by atoms with van der Waals surface area (Å²) in [5.41, 5.74) is 0.357. The molecule has 96 valence electrons. The molecule has 0 fully saturated rings. The summed E-state index contributed by atoms with van der Waals surface area (Å²) < 4.78 is 20.1. The van der Waals surface area contributed by atoms with E-state index in [1.807, 2.05) is 6.92 Å². The minimum Gasteiger partial charge on any atom is -0.496 e. The number of ether oxygens (including phenoxy) is 1. The van der Waals surface area contributed by atoms with Crippen molar-refractivity contribution in [2.75, 3.05) is 7.11 Å². The third-order valence-electron chi connectivity index (χ3n) is 2.69. The third-order valence-corrected chi connectivity index (χ3v) is 2.69. The number of nitrogens with one attached hydrogen (secondary N) is 1. The Bertz CT molecular complexity index is 631. The van der Waals surface area contributed by atoms with Crippen LogP contribution in [0.2, 0.25) is 0 Å². The number of H-pyrrole nitrogens is 1. The van der Waals surface area contributed by atoms with Crippen molar-refractivity contribution >= 4 is 0 Å². The number of halogens is 1. The number of aromatic amines is 1. The number of nitrogens with zero attached hydrogens (tertiary/aromatic N) is 2. The lowest BCUT2D eigenvalue weighted by atomic mass is 10.1. The van der Waals surface area contributed by atoms with Gasteiger partial charge in [0.05, 0.1) is 7.11 Å². The van der Waals surface area contributed by atoms with Gasteiger partial charge in [-0.15, -0.1) is 0 Å². The van der Waals surface area contributed by atoms with Gasteiger partial charge in [-0.05, 0) is 25.0 Å². The fourth-order valence-electron chi connectivity index (χ4n) is 1.80. The molecule has 0 saturated heterocycles. The van der Waals surface area contributed by atoms with Crippen LogP contribution in [0.5, 0.6) is 5.75 Å². The fraction of sp³-hybridized carbons (Fsp3) is 0.333. The van der Waals surface area contributed by atoms with Gasteiger partial charge in [-0.2, -0.15) is 9.78 Å². The normalized spacial score (nSPS) is 10.7. The Labute approximate surface area is 103 Å². The summed E-state index contributed by atoms with van der Waals surface area (Å²) in [5, 5.41) is 3.93. The number of aromatic nitrogens is 3. The molecule has 0 amide bonds. The number of methoxy groups -OCH3 is 1. The highest BCUT2D eigenvalue weighted by molar-refractivity contribution is 5.45. The molecule has 0 radical (unpaired) electrons. The molecule has 1 aromatic carbocycles. The Morgan fingerprint density at radius 3 is 2.72 bits per heavy atom. The van der Waals surface area contributed by atoms with Gasteiger partial charge >= 0.3 is 5.69 Å². The molecule has 0 aliphatic rings. The Kier molecular flexibility index (Phi) is 3.18. The average Bonchev–Trinajstić information content (AvgIpc) is 2.68. The van der Waals surface area contributed by atoms with Gasteiger partial charge in [0.25, 0.3) is 0 Å². The molecule has 0 bridgehead atoms. The van der Waals surface area contributed by atoms with Crippen LogP contribution >= 0.6 is 0 Å². The van der Waals surface area contributed by atoms with Crippen LogP contribution < -0.4 is 10.4 Å². The molecular weight excluding hydrogens is 237 g/mol. The second-order valence-electron chi connectivity index (χ2n) is 3.90. The summed E-state index contributed by atoms with van der Waals surface area (Å²) in [4.78, 5) is 14.1. The van der Waals surface area contributed by atoms with Crippen molar-refractivity contribution in [1.29, 1.82) is 0 Å². The highest BCUT2D eigenvalue weighted by Gasteiger charge is 2.14. The minimum absolute atomic E-state index is 0.0819. The average molecular weight is 251 g/mol. The van der Waals surface area contributed by atoms with Crippen molar-refractivity contribution < 1.29 is 9.13 Å². The zero-order valence-electron chi connectivity index (χ0n) is 10.5. The van der Waals surface area contributed by atoms with Gasteiger partial charge in [0.15, 0.2) is 0 Å². The van der Waals surface area contributed by atoms with Crippen LogP contribution in [-0.4, -0.2) is 21.9 Å². The van der Waals surface area contributed by atoms with Crippen molar-refractivity contribution in [2.45, 2.75) is 20.3 Å². The highest BCUT2D eigenvalue weighted by atomic mass is 19.1. The first-order valence-electron chi connectivity index (χ1n) is 5.59. The van der Waals surface area contributed by atoms with Gasteiger partial charge in [0, 0.05) is 6.07 Å². The van der Waals surface area contributed by atoms with E-state index in [9.17, 15) is 9.18 Å². The van der Waals surface area contributed by atoms with Crippen LogP contribution in [0, 0.1) is 12.7 Å². The molecule has 2 aromatic rings. The Morgan fingerprint density at radius 2 is 2.22 bits per heavy atom. The summed E-state index contributed by atoms with van der Waals surface area (Å²) in [5.74, 6) is 0.473. The van der Waals surface area contributed by atoms with Crippen molar-refractivity contribution in [3.8, 4) is 11.4 Å². The van der Waals surface area contributed by atoms with Gasteiger partial charge in [-0.3, -0.25) is 4.98 Å². The Balaban J connectivity index is 2.65. The monoisotopic (exact) mass is 251 g/mol. The highest BCUT2D eigenvalue weighted by Crippen LogP contribution is 2.24. The number of benzene rings is 1. The summed E-state index contributed by atoms with van der Waals surface area (Å²) in [6.45, 7) is 3.54. The predicted molar refractivity (Wildman–Crippen MR) is 64.8 cm³/mol. The van der Waals surface area contributed by atoms with Crippen molar-refractivity contribution in [2.24, 2.45) is 0 Å². The lowest BCUT2D eigenvalue weighted by molar-refractivity contribution is 0.408. The molecule has 1 heterocycles. The second kappa shape index (κ2) is 4.64. The van der Waals surface area contributed by atoms with Crippen LogP contribution in [0.4, 0.5) is 4.39 Å². The van der Waals surface area contributed by atoms with E-state index >= 15 is 0 Å². The molecule has 0 aliphatic heterocycles. The third kappa shape index (κ3) is 2.01. The summed E-state index contributed by atoms with van der Waals surface area (Å²) in [6.07, 6.45) is 0.648. The Morgan fingerprint density at radius 1 is 1.50 bits per heavy atom. The molecular formula is C12H14FN3O2. The summed E-state index contributed by atoms with van der Waals surface area (Å²) >= 11 is 0. The van der Waals surface area contributed by atoms with Gasteiger partial charge in [-0.1, -0.05) is 6.92 Å². The van der Waals surface area contributed by atoms with Crippen LogP contribution in [-0.2, 0) is 6.42 Å². The van der Waals surface area contributed by atoms with E-state index in [-0.39, 0.29) is 5.69 Å². The van der Waals surface area contributed by atoms with E-state index in [1.165, 1.54) is 19.2 Å². The maximum atomic E-state index is 14.0. The van der Waals surface area contributed by atoms with E-state index in [2.05, 4.69) is 10.1 Å². The minimum atomic E-state index is -0.499. The van der Waals surface area contributed by atoms with E-state index in [0.717, 1.165) is 10.2 Å². The number of rotatable bonds is 3. The van der Waals surface area contributed by atoms with Crippen LogP contribution in [0.15, 0.2) is 16.9 Å². The molecule has 1 N–H and O–H groups in total.